The van der Waals surface area contributed by atoms with Crippen LogP contribution in [0.2, 0.25) is 0 Å². The predicted octanol–water partition coefficient (Wildman–Crippen LogP) is 4.67. The van der Waals surface area contributed by atoms with E-state index in [-0.39, 0.29) is 12.5 Å². The molecule has 0 fully saturated rings. The van der Waals surface area contributed by atoms with Crippen molar-refractivity contribution >= 4 is 17.7 Å². The molecule has 0 aliphatic rings. The molecule has 2 aromatic carbocycles. The van der Waals surface area contributed by atoms with E-state index in [1.165, 1.54) is 0 Å². The summed E-state index contributed by atoms with van der Waals surface area (Å²) in [5.74, 6) is -0.348. The molecular weight excluding hydrogens is 418 g/mol. The summed E-state index contributed by atoms with van der Waals surface area (Å²) >= 11 is 0. The maximum atomic E-state index is 12.0. The predicted molar refractivity (Wildman–Crippen MR) is 131 cm³/mol. The van der Waals surface area contributed by atoms with Crippen LogP contribution in [0.5, 0.6) is 0 Å². The molecule has 0 saturated heterocycles. The van der Waals surface area contributed by atoms with Crippen molar-refractivity contribution in [3.05, 3.63) is 60.8 Å². The molecule has 0 radical (unpaired) electrons. The minimum Gasteiger partial charge on any atom is -0.444 e. The Morgan fingerprint density at radius 1 is 1.00 bits per heavy atom. The van der Waals surface area contributed by atoms with Gasteiger partial charge in [0.2, 0.25) is 5.91 Å². The van der Waals surface area contributed by atoms with Gasteiger partial charge in [0.15, 0.2) is 0 Å². The second-order valence-corrected chi connectivity index (χ2v) is 7.36. The first kappa shape index (κ1) is 26.9. The summed E-state index contributed by atoms with van der Waals surface area (Å²) in [6.07, 6.45) is 9.21. The Kier molecular flexibility index (Phi) is 10.9. The molecule has 2 amide bonds. The Bertz CT molecular complexity index is 1020. The normalized spacial score (nSPS) is 9.91. The van der Waals surface area contributed by atoms with E-state index in [0.717, 1.165) is 16.9 Å². The van der Waals surface area contributed by atoms with Gasteiger partial charge in [0.05, 0.1) is 11.9 Å². The molecule has 8 heteroatoms. The lowest BCUT2D eigenvalue weighted by molar-refractivity contribution is -0.115. The Labute approximate surface area is 195 Å². The Morgan fingerprint density at radius 3 is 2.18 bits per heavy atom. The maximum Gasteiger partial charge on any atom is 0.408 e. The third kappa shape index (κ3) is 9.27. The third-order valence-electron chi connectivity index (χ3n) is 3.77. The van der Waals surface area contributed by atoms with Gasteiger partial charge in [-0.1, -0.05) is 49.4 Å². The summed E-state index contributed by atoms with van der Waals surface area (Å²) in [6.45, 7) is 9.09. The summed E-state index contributed by atoms with van der Waals surface area (Å²) in [4.78, 5) is 23.6. The van der Waals surface area contributed by atoms with Crippen molar-refractivity contribution in [2.45, 2.75) is 40.2 Å². The zero-order valence-corrected chi connectivity index (χ0v) is 19.7. The molecule has 0 saturated carbocycles. The van der Waals surface area contributed by atoms with E-state index in [9.17, 15) is 9.59 Å². The van der Waals surface area contributed by atoms with Crippen LogP contribution in [0.1, 0.15) is 34.6 Å². The van der Waals surface area contributed by atoms with E-state index in [1.807, 2.05) is 62.5 Å². The van der Waals surface area contributed by atoms with E-state index >= 15 is 0 Å². The summed E-state index contributed by atoms with van der Waals surface area (Å²) in [5, 5.41) is 13.5. The lowest BCUT2D eigenvalue weighted by atomic mass is 10.1. The number of hydrogen-bond acceptors (Lipinski definition) is 5. The summed E-state index contributed by atoms with van der Waals surface area (Å²) in [5.41, 5.74) is 2.52. The van der Waals surface area contributed by atoms with E-state index in [4.69, 9.17) is 4.74 Å². The highest BCUT2D eigenvalue weighted by Crippen LogP contribution is 2.20. The zero-order valence-electron chi connectivity index (χ0n) is 19.7. The molecule has 0 spiro atoms. The van der Waals surface area contributed by atoms with Crippen molar-refractivity contribution in [2.24, 2.45) is 0 Å². The number of benzene rings is 2. The van der Waals surface area contributed by atoms with Crippen molar-refractivity contribution < 1.29 is 14.3 Å². The highest BCUT2D eigenvalue weighted by molar-refractivity contribution is 5.94. The first-order valence-electron chi connectivity index (χ1n) is 10.5. The number of nitrogens with zero attached hydrogens (tertiary/aromatic N) is 3. The number of rotatable bonds is 5. The maximum absolute atomic E-state index is 12.0. The number of anilines is 1. The third-order valence-corrected chi connectivity index (χ3v) is 3.77. The van der Waals surface area contributed by atoms with Crippen LogP contribution in [-0.2, 0) is 9.53 Å². The molecule has 3 aromatic rings. The molecule has 33 heavy (non-hydrogen) atoms. The number of carbonyl (C=O) groups excluding carboxylic acids is 2. The summed E-state index contributed by atoms with van der Waals surface area (Å²) in [6, 6.07) is 16.9. The molecule has 2 N–H and O–H groups in total. The molecule has 0 aliphatic heterocycles. The average Bonchev–Trinajstić information content (AvgIpc) is 3.31. The average molecular weight is 450 g/mol. The zero-order chi connectivity index (χ0) is 24.9. The minimum atomic E-state index is -0.635. The number of alkyl carbamates (subject to hydrolysis) is 1. The van der Waals surface area contributed by atoms with E-state index in [0.29, 0.717) is 5.69 Å². The molecule has 8 nitrogen and oxygen atoms in total. The number of hydrogen-bond donors (Lipinski definition) is 2. The van der Waals surface area contributed by atoms with Crippen LogP contribution in [0.4, 0.5) is 10.5 Å². The SMILES string of the molecule is C#C.CC.CC(C)(C)OC(=O)NCC(=O)Nc1ccc(-c2cn(-c3ccccc3)nn2)cc1. The lowest BCUT2D eigenvalue weighted by Crippen LogP contribution is -2.37. The van der Waals surface area contributed by atoms with Gasteiger partial charge in [-0.15, -0.1) is 17.9 Å². The van der Waals surface area contributed by atoms with Gasteiger partial charge in [-0.05, 0) is 45.0 Å². The number of amides is 2. The van der Waals surface area contributed by atoms with E-state index in [2.05, 4.69) is 33.8 Å². The van der Waals surface area contributed by atoms with Gasteiger partial charge < -0.3 is 15.4 Å². The highest BCUT2D eigenvalue weighted by atomic mass is 16.6. The number of ether oxygens (including phenoxy) is 1. The largest absolute Gasteiger partial charge is 0.444 e. The molecule has 174 valence electrons. The van der Waals surface area contributed by atoms with Crippen LogP contribution in [0.15, 0.2) is 60.8 Å². The second kappa shape index (κ2) is 13.3. The van der Waals surface area contributed by atoms with Crippen LogP contribution < -0.4 is 10.6 Å². The van der Waals surface area contributed by atoms with Crippen molar-refractivity contribution in [2.75, 3.05) is 11.9 Å². The number of para-hydroxylation sites is 1. The lowest BCUT2D eigenvalue weighted by Gasteiger charge is -2.19. The number of nitrogens with one attached hydrogen (secondary N) is 2. The quantitative estimate of drug-likeness (QED) is 0.552. The first-order valence-corrected chi connectivity index (χ1v) is 10.5. The number of carbonyl (C=O) groups is 2. The van der Waals surface area contributed by atoms with Gasteiger partial charge in [-0.25, -0.2) is 9.48 Å². The molecule has 0 aliphatic carbocycles. The molecular formula is C25H31N5O3. The van der Waals surface area contributed by atoms with Gasteiger partial charge in [0.25, 0.3) is 0 Å². The molecule has 3 rings (SSSR count). The van der Waals surface area contributed by atoms with Crippen LogP contribution in [0.25, 0.3) is 16.9 Å². The van der Waals surface area contributed by atoms with Crippen LogP contribution in [-0.4, -0.2) is 39.1 Å². The summed E-state index contributed by atoms with van der Waals surface area (Å²) < 4.78 is 6.79. The van der Waals surface area contributed by atoms with Gasteiger partial charge in [0.1, 0.15) is 17.8 Å². The number of terminal acetylenes is 1. The second-order valence-electron chi connectivity index (χ2n) is 7.36. The first-order chi connectivity index (χ1) is 15.8. The molecule has 0 bridgehead atoms. The smallest absolute Gasteiger partial charge is 0.408 e. The Morgan fingerprint density at radius 2 is 1.61 bits per heavy atom. The van der Waals surface area contributed by atoms with E-state index < -0.39 is 11.7 Å². The minimum absolute atomic E-state index is 0.179. The van der Waals surface area contributed by atoms with Crippen molar-refractivity contribution in [3.63, 3.8) is 0 Å². The Balaban J connectivity index is 0.00000129. The highest BCUT2D eigenvalue weighted by Gasteiger charge is 2.16. The van der Waals surface area contributed by atoms with Crippen LogP contribution >= 0.6 is 0 Å². The van der Waals surface area contributed by atoms with Crippen molar-refractivity contribution in [1.29, 1.82) is 0 Å². The Hall–Kier alpha value is -4.12. The fourth-order valence-electron chi connectivity index (χ4n) is 2.50. The van der Waals surface area contributed by atoms with Crippen molar-refractivity contribution in [3.8, 4) is 29.8 Å². The molecule has 0 atom stereocenters. The van der Waals surface area contributed by atoms with Crippen molar-refractivity contribution in [1.82, 2.24) is 20.3 Å². The fraction of sp³-hybridized carbons (Fsp3) is 0.280. The van der Waals surface area contributed by atoms with E-state index in [1.54, 1.807) is 37.6 Å². The monoisotopic (exact) mass is 449 g/mol. The fourth-order valence-corrected chi connectivity index (χ4v) is 2.50. The van der Waals surface area contributed by atoms with Gasteiger partial charge in [-0.2, -0.15) is 0 Å². The summed E-state index contributed by atoms with van der Waals surface area (Å²) in [7, 11) is 0. The van der Waals surface area contributed by atoms with Gasteiger partial charge >= 0.3 is 6.09 Å². The number of aromatic nitrogens is 3. The molecule has 0 unspecified atom stereocenters. The molecule has 1 aromatic heterocycles. The van der Waals surface area contributed by atoms with Crippen LogP contribution in [0, 0.1) is 12.8 Å². The van der Waals surface area contributed by atoms with Gasteiger partial charge in [-0.3, -0.25) is 4.79 Å². The molecule has 1 heterocycles. The van der Waals surface area contributed by atoms with Crippen LogP contribution in [0.3, 0.4) is 0 Å². The van der Waals surface area contributed by atoms with Gasteiger partial charge in [0, 0.05) is 11.3 Å². The standard InChI is InChI=1S/C21H23N5O3.C2H6.C2H2/c1-21(2,3)29-20(28)22-13-19(27)23-16-11-9-15(10-12-16)18-14-26(25-24-18)17-7-5-4-6-8-17;2*1-2/h4-12,14H,13H2,1-3H3,(H,22,28)(H,23,27);1-2H3;1-2H. The topological polar surface area (TPSA) is 98.1 Å².